The molecule has 0 aliphatic heterocycles. The van der Waals surface area contributed by atoms with Crippen LogP contribution < -0.4 is 0 Å². The Morgan fingerprint density at radius 2 is 1.60 bits per heavy atom. The molecular formula is C11H8Cl2N2. The summed E-state index contributed by atoms with van der Waals surface area (Å²) >= 11 is 11.6. The van der Waals surface area contributed by atoms with Crippen LogP contribution in [-0.2, 0) is 0 Å². The normalized spacial score (nSPS) is 10.3. The molecule has 2 aromatic rings. The molecule has 1 aromatic carbocycles. The van der Waals surface area contributed by atoms with Crippen LogP contribution in [0.25, 0.3) is 11.4 Å². The number of halogens is 2. The van der Waals surface area contributed by atoms with Crippen molar-refractivity contribution in [3.8, 4) is 11.4 Å². The van der Waals surface area contributed by atoms with Crippen molar-refractivity contribution in [3.05, 3.63) is 46.2 Å². The number of aromatic nitrogens is 2. The van der Waals surface area contributed by atoms with Gasteiger partial charge in [-0.25, -0.2) is 9.97 Å². The van der Waals surface area contributed by atoms with Gasteiger partial charge in [-0.1, -0.05) is 47.5 Å². The molecule has 0 saturated carbocycles. The second-order valence-electron chi connectivity index (χ2n) is 3.15. The number of nitrogens with zero attached hydrogens (tertiary/aromatic N) is 2. The number of hydrogen-bond acceptors (Lipinski definition) is 2. The molecule has 4 heteroatoms. The molecule has 0 atom stereocenters. The Morgan fingerprint density at radius 3 is 2.20 bits per heavy atom. The van der Waals surface area contributed by atoms with Crippen LogP contribution in [-0.4, -0.2) is 9.97 Å². The maximum atomic E-state index is 5.82. The Labute approximate surface area is 97.9 Å². The van der Waals surface area contributed by atoms with E-state index < -0.39 is 0 Å². The Balaban J connectivity index is 2.59. The van der Waals surface area contributed by atoms with Crippen molar-refractivity contribution in [2.45, 2.75) is 6.92 Å². The van der Waals surface area contributed by atoms with Gasteiger partial charge < -0.3 is 0 Å². The standard InChI is InChI=1S/C11H8Cl2N2/c1-7-4-2-3-5-8(7)11-14-9(12)6-10(13)15-11/h2-6H,1H3. The predicted molar refractivity (Wildman–Crippen MR) is 62.2 cm³/mol. The predicted octanol–water partition coefficient (Wildman–Crippen LogP) is 3.76. The van der Waals surface area contributed by atoms with Crippen molar-refractivity contribution in [1.29, 1.82) is 0 Å². The van der Waals surface area contributed by atoms with E-state index in [2.05, 4.69) is 9.97 Å². The van der Waals surface area contributed by atoms with Gasteiger partial charge in [-0.3, -0.25) is 0 Å². The van der Waals surface area contributed by atoms with Gasteiger partial charge in [0.05, 0.1) is 0 Å². The van der Waals surface area contributed by atoms with E-state index in [1.807, 2.05) is 31.2 Å². The summed E-state index contributed by atoms with van der Waals surface area (Å²) in [6.07, 6.45) is 0. The zero-order valence-electron chi connectivity index (χ0n) is 8.04. The third-order valence-electron chi connectivity index (χ3n) is 2.05. The Bertz CT molecular complexity index is 477. The minimum absolute atomic E-state index is 0.355. The van der Waals surface area contributed by atoms with Crippen LogP contribution in [0.4, 0.5) is 0 Å². The second kappa shape index (κ2) is 4.17. The summed E-state index contributed by atoms with van der Waals surface area (Å²) in [5, 5.41) is 0.710. The van der Waals surface area contributed by atoms with E-state index in [4.69, 9.17) is 23.2 Å². The Kier molecular flexibility index (Phi) is 2.89. The number of rotatable bonds is 1. The molecule has 0 fully saturated rings. The van der Waals surface area contributed by atoms with Gasteiger partial charge in [0.15, 0.2) is 5.82 Å². The molecule has 0 bridgehead atoms. The highest BCUT2D eigenvalue weighted by molar-refractivity contribution is 6.33. The van der Waals surface area contributed by atoms with Crippen LogP contribution in [0, 0.1) is 6.92 Å². The number of benzene rings is 1. The summed E-state index contributed by atoms with van der Waals surface area (Å²) in [7, 11) is 0. The van der Waals surface area contributed by atoms with Crippen molar-refractivity contribution in [1.82, 2.24) is 9.97 Å². The van der Waals surface area contributed by atoms with Crippen molar-refractivity contribution in [2.75, 3.05) is 0 Å². The lowest BCUT2D eigenvalue weighted by molar-refractivity contribution is 1.17. The van der Waals surface area contributed by atoms with Crippen LogP contribution in [0.1, 0.15) is 5.56 Å². The molecule has 15 heavy (non-hydrogen) atoms. The minimum Gasteiger partial charge on any atom is -0.216 e. The first-order valence-electron chi connectivity index (χ1n) is 4.43. The maximum absolute atomic E-state index is 5.82. The first-order chi connectivity index (χ1) is 7.16. The fraction of sp³-hybridized carbons (Fsp3) is 0.0909. The number of hydrogen-bond donors (Lipinski definition) is 0. The first-order valence-corrected chi connectivity index (χ1v) is 5.18. The van der Waals surface area contributed by atoms with Crippen LogP contribution in [0.3, 0.4) is 0 Å². The highest BCUT2D eigenvalue weighted by Crippen LogP contribution is 2.22. The fourth-order valence-corrected chi connectivity index (χ4v) is 1.76. The van der Waals surface area contributed by atoms with E-state index in [-0.39, 0.29) is 0 Å². The molecule has 0 amide bonds. The van der Waals surface area contributed by atoms with Crippen LogP contribution in [0.15, 0.2) is 30.3 Å². The SMILES string of the molecule is Cc1ccccc1-c1nc(Cl)cc(Cl)n1. The highest BCUT2D eigenvalue weighted by Gasteiger charge is 2.06. The van der Waals surface area contributed by atoms with Gasteiger partial charge in [-0.15, -0.1) is 0 Å². The van der Waals surface area contributed by atoms with Gasteiger partial charge in [0.2, 0.25) is 0 Å². The maximum Gasteiger partial charge on any atom is 0.162 e. The molecule has 2 rings (SSSR count). The first kappa shape index (κ1) is 10.4. The third kappa shape index (κ3) is 2.28. The van der Waals surface area contributed by atoms with Crippen LogP contribution in [0.2, 0.25) is 10.3 Å². The van der Waals surface area contributed by atoms with E-state index in [1.54, 1.807) is 0 Å². The molecule has 1 aromatic heterocycles. The average molecular weight is 239 g/mol. The zero-order chi connectivity index (χ0) is 10.8. The molecule has 1 heterocycles. The smallest absolute Gasteiger partial charge is 0.162 e. The topological polar surface area (TPSA) is 25.8 Å². The van der Waals surface area contributed by atoms with Gasteiger partial charge in [-0.2, -0.15) is 0 Å². The average Bonchev–Trinajstić information content (AvgIpc) is 2.16. The Morgan fingerprint density at radius 1 is 1.00 bits per heavy atom. The quantitative estimate of drug-likeness (QED) is 0.708. The minimum atomic E-state index is 0.355. The number of aryl methyl sites for hydroxylation is 1. The van der Waals surface area contributed by atoms with Gasteiger partial charge in [0.1, 0.15) is 10.3 Å². The lowest BCUT2D eigenvalue weighted by Crippen LogP contribution is -1.91. The highest BCUT2D eigenvalue weighted by atomic mass is 35.5. The molecule has 0 radical (unpaired) electrons. The molecule has 0 aliphatic rings. The van der Waals surface area contributed by atoms with E-state index >= 15 is 0 Å². The fourth-order valence-electron chi connectivity index (χ4n) is 1.33. The van der Waals surface area contributed by atoms with Gasteiger partial charge in [0.25, 0.3) is 0 Å². The molecule has 0 N–H and O–H groups in total. The van der Waals surface area contributed by atoms with E-state index in [1.165, 1.54) is 6.07 Å². The lowest BCUT2D eigenvalue weighted by atomic mass is 10.1. The summed E-state index contributed by atoms with van der Waals surface area (Å²) in [5.41, 5.74) is 2.04. The largest absolute Gasteiger partial charge is 0.216 e. The summed E-state index contributed by atoms with van der Waals surface area (Å²) in [5.74, 6) is 0.561. The van der Waals surface area contributed by atoms with E-state index in [0.717, 1.165) is 11.1 Å². The van der Waals surface area contributed by atoms with Crippen LogP contribution >= 0.6 is 23.2 Å². The van der Waals surface area contributed by atoms with Crippen molar-refractivity contribution in [2.24, 2.45) is 0 Å². The Hall–Kier alpha value is -1.12. The van der Waals surface area contributed by atoms with Gasteiger partial charge in [0, 0.05) is 11.6 Å². The van der Waals surface area contributed by atoms with Gasteiger partial charge >= 0.3 is 0 Å². The molecular weight excluding hydrogens is 231 g/mol. The lowest BCUT2D eigenvalue weighted by Gasteiger charge is -2.04. The summed E-state index contributed by atoms with van der Waals surface area (Å²) in [4.78, 5) is 8.27. The van der Waals surface area contributed by atoms with Crippen molar-refractivity contribution in [3.63, 3.8) is 0 Å². The monoisotopic (exact) mass is 238 g/mol. The summed E-state index contributed by atoms with van der Waals surface area (Å²) < 4.78 is 0. The molecule has 0 aliphatic carbocycles. The van der Waals surface area contributed by atoms with Crippen LogP contribution in [0.5, 0.6) is 0 Å². The molecule has 76 valence electrons. The molecule has 0 saturated heterocycles. The van der Waals surface area contributed by atoms with Crippen molar-refractivity contribution < 1.29 is 0 Å². The van der Waals surface area contributed by atoms with E-state index in [9.17, 15) is 0 Å². The van der Waals surface area contributed by atoms with Crippen molar-refractivity contribution >= 4 is 23.2 Å². The third-order valence-corrected chi connectivity index (χ3v) is 2.44. The zero-order valence-corrected chi connectivity index (χ0v) is 9.55. The van der Waals surface area contributed by atoms with E-state index in [0.29, 0.717) is 16.1 Å². The van der Waals surface area contributed by atoms with Gasteiger partial charge in [-0.05, 0) is 12.5 Å². The molecule has 0 spiro atoms. The second-order valence-corrected chi connectivity index (χ2v) is 3.93. The summed E-state index contributed by atoms with van der Waals surface area (Å²) in [6, 6.07) is 9.35. The molecule has 0 unspecified atom stereocenters. The molecule has 2 nitrogen and oxygen atoms in total. The summed E-state index contributed by atoms with van der Waals surface area (Å²) in [6.45, 7) is 1.99.